The Labute approximate surface area is 123 Å². The van der Waals surface area contributed by atoms with Crippen LogP contribution in [-0.2, 0) is 23.1 Å². The van der Waals surface area contributed by atoms with Gasteiger partial charge in [0.25, 0.3) is 0 Å². The van der Waals surface area contributed by atoms with E-state index in [9.17, 15) is 4.21 Å². The highest BCUT2D eigenvalue weighted by molar-refractivity contribution is 9.10. The maximum absolute atomic E-state index is 12.4. The Bertz CT molecular complexity index is 624. The van der Waals surface area contributed by atoms with Crippen LogP contribution in [0.3, 0.4) is 0 Å². The van der Waals surface area contributed by atoms with Crippen LogP contribution in [0.25, 0.3) is 0 Å². The first kappa shape index (κ1) is 14.3. The fraction of sp³-hybridized carbons (Fsp3) is 0.308. The van der Waals surface area contributed by atoms with Crippen molar-refractivity contribution in [1.29, 1.82) is 0 Å². The third kappa shape index (κ3) is 3.06. The van der Waals surface area contributed by atoms with Crippen molar-refractivity contribution in [1.82, 2.24) is 9.78 Å². The average molecular weight is 342 g/mol. The summed E-state index contributed by atoms with van der Waals surface area (Å²) in [6.45, 7) is 4.71. The number of anilines is 1. The fourth-order valence-corrected chi connectivity index (χ4v) is 3.69. The molecule has 0 aliphatic rings. The highest BCUT2D eigenvalue weighted by atomic mass is 79.9. The Balaban J connectivity index is 2.29. The molecule has 0 saturated heterocycles. The van der Waals surface area contributed by atoms with Gasteiger partial charge in [0.15, 0.2) is 0 Å². The van der Waals surface area contributed by atoms with Crippen LogP contribution >= 0.6 is 15.9 Å². The van der Waals surface area contributed by atoms with Crippen LogP contribution in [0.4, 0.5) is 5.69 Å². The van der Waals surface area contributed by atoms with Gasteiger partial charge in [-0.05, 0) is 48.0 Å². The lowest BCUT2D eigenvalue weighted by atomic mass is 10.3. The van der Waals surface area contributed by atoms with Gasteiger partial charge in [-0.2, -0.15) is 5.10 Å². The van der Waals surface area contributed by atoms with Crippen molar-refractivity contribution in [2.75, 3.05) is 5.73 Å². The van der Waals surface area contributed by atoms with Gasteiger partial charge in [0, 0.05) is 17.1 Å². The highest BCUT2D eigenvalue weighted by Crippen LogP contribution is 2.24. The zero-order valence-electron chi connectivity index (χ0n) is 10.9. The largest absolute Gasteiger partial charge is 0.399 e. The molecule has 0 spiro atoms. The van der Waals surface area contributed by atoms with E-state index in [-0.39, 0.29) is 0 Å². The molecule has 1 unspecified atom stereocenters. The number of halogens is 1. The number of aromatic nitrogens is 2. The quantitative estimate of drug-likeness (QED) is 0.869. The standard InChI is InChI=1S/C13H16BrN3OS/c1-3-17-12(13(14)9(2)16-17)8-19(18)11-6-4-5-10(15)7-11/h4-7H,3,8,15H2,1-2H3. The van der Waals surface area contributed by atoms with E-state index < -0.39 is 10.8 Å². The zero-order valence-corrected chi connectivity index (χ0v) is 13.3. The van der Waals surface area contributed by atoms with Gasteiger partial charge >= 0.3 is 0 Å². The van der Waals surface area contributed by atoms with Crippen LogP contribution in [0.2, 0.25) is 0 Å². The molecule has 1 atom stereocenters. The molecule has 1 aromatic heterocycles. The first-order chi connectivity index (χ1) is 9.02. The van der Waals surface area contributed by atoms with E-state index in [0.29, 0.717) is 11.4 Å². The van der Waals surface area contributed by atoms with Crippen molar-refractivity contribution in [3.63, 3.8) is 0 Å². The van der Waals surface area contributed by atoms with E-state index in [1.54, 1.807) is 12.1 Å². The molecular formula is C13H16BrN3OS. The van der Waals surface area contributed by atoms with Crippen LogP contribution < -0.4 is 5.73 Å². The number of nitrogen functional groups attached to an aromatic ring is 1. The fourth-order valence-electron chi connectivity index (χ4n) is 1.87. The lowest BCUT2D eigenvalue weighted by molar-refractivity contribution is 0.626. The Morgan fingerprint density at radius 2 is 2.21 bits per heavy atom. The first-order valence-corrected chi connectivity index (χ1v) is 8.09. The molecule has 1 aromatic carbocycles. The van der Waals surface area contributed by atoms with Crippen LogP contribution in [-0.4, -0.2) is 14.0 Å². The molecule has 2 N–H and O–H groups in total. The van der Waals surface area contributed by atoms with E-state index in [1.807, 2.05) is 30.7 Å². The average Bonchev–Trinajstić information content (AvgIpc) is 2.66. The van der Waals surface area contributed by atoms with Crippen LogP contribution in [0.1, 0.15) is 18.3 Å². The summed E-state index contributed by atoms with van der Waals surface area (Å²) in [5.41, 5.74) is 8.23. The van der Waals surface area contributed by atoms with Crippen molar-refractivity contribution in [3.8, 4) is 0 Å². The minimum Gasteiger partial charge on any atom is -0.399 e. The van der Waals surface area contributed by atoms with Gasteiger partial charge < -0.3 is 5.73 Å². The van der Waals surface area contributed by atoms with Gasteiger partial charge in [0.1, 0.15) is 0 Å². The second kappa shape index (κ2) is 5.88. The first-order valence-electron chi connectivity index (χ1n) is 5.98. The molecule has 0 aliphatic carbocycles. The molecule has 102 valence electrons. The molecular weight excluding hydrogens is 326 g/mol. The number of aryl methyl sites for hydroxylation is 2. The maximum Gasteiger partial charge on any atom is 0.0739 e. The van der Waals surface area contributed by atoms with E-state index in [1.165, 1.54) is 0 Å². The van der Waals surface area contributed by atoms with E-state index in [0.717, 1.165) is 27.3 Å². The van der Waals surface area contributed by atoms with Gasteiger partial charge in [-0.25, -0.2) is 0 Å². The van der Waals surface area contributed by atoms with Gasteiger partial charge in [-0.15, -0.1) is 0 Å². The third-order valence-electron chi connectivity index (χ3n) is 2.84. The second-order valence-electron chi connectivity index (χ2n) is 4.22. The molecule has 0 fully saturated rings. The number of rotatable bonds is 4. The molecule has 1 heterocycles. The summed E-state index contributed by atoms with van der Waals surface area (Å²) in [4.78, 5) is 0.744. The van der Waals surface area contributed by atoms with Gasteiger partial charge in [-0.1, -0.05) is 6.07 Å². The van der Waals surface area contributed by atoms with Gasteiger partial charge in [0.05, 0.1) is 32.4 Å². The molecule has 4 nitrogen and oxygen atoms in total. The van der Waals surface area contributed by atoms with Crippen molar-refractivity contribution in [2.24, 2.45) is 0 Å². The minimum atomic E-state index is -1.12. The van der Waals surface area contributed by atoms with Crippen molar-refractivity contribution < 1.29 is 4.21 Å². The predicted octanol–water partition coefficient (Wildman–Crippen LogP) is 2.86. The van der Waals surface area contributed by atoms with Gasteiger partial charge in [0.2, 0.25) is 0 Å². The lowest BCUT2D eigenvalue weighted by Gasteiger charge is -2.06. The Hall–Kier alpha value is -1.14. The Kier molecular flexibility index (Phi) is 4.42. The Morgan fingerprint density at radius 3 is 2.84 bits per heavy atom. The molecule has 0 amide bonds. The minimum absolute atomic E-state index is 0.429. The topological polar surface area (TPSA) is 60.9 Å². The van der Waals surface area contributed by atoms with E-state index in [4.69, 9.17) is 5.73 Å². The van der Waals surface area contributed by atoms with Crippen LogP contribution in [0, 0.1) is 6.92 Å². The number of benzene rings is 1. The molecule has 2 rings (SSSR count). The SMILES string of the molecule is CCn1nc(C)c(Br)c1CS(=O)c1cccc(N)c1. The summed E-state index contributed by atoms with van der Waals surface area (Å²) < 4.78 is 15.2. The summed E-state index contributed by atoms with van der Waals surface area (Å²) in [7, 11) is -1.12. The van der Waals surface area contributed by atoms with Crippen LogP contribution in [0.15, 0.2) is 33.6 Å². The summed E-state index contributed by atoms with van der Waals surface area (Å²) in [6, 6.07) is 7.19. The van der Waals surface area contributed by atoms with Crippen molar-refractivity contribution >= 4 is 32.4 Å². The number of hydrogen-bond acceptors (Lipinski definition) is 3. The normalized spacial score (nSPS) is 12.6. The van der Waals surface area contributed by atoms with Crippen molar-refractivity contribution in [3.05, 3.63) is 40.1 Å². The Morgan fingerprint density at radius 1 is 1.47 bits per heavy atom. The summed E-state index contributed by atoms with van der Waals surface area (Å²) in [5, 5.41) is 4.40. The third-order valence-corrected chi connectivity index (χ3v) is 5.19. The van der Waals surface area contributed by atoms with Gasteiger partial charge in [-0.3, -0.25) is 8.89 Å². The molecule has 19 heavy (non-hydrogen) atoms. The summed E-state index contributed by atoms with van der Waals surface area (Å²) in [6.07, 6.45) is 0. The monoisotopic (exact) mass is 341 g/mol. The predicted molar refractivity (Wildman–Crippen MR) is 81.3 cm³/mol. The highest BCUT2D eigenvalue weighted by Gasteiger charge is 2.15. The molecule has 0 bridgehead atoms. The van der Waals surface area contributed by atoms with E-state index >= 15 is 0 Å². The second-order valence-corrected chi connectivity index (χ2v) is 6.47. The summed E-state index contributed by atoms with van der Waals surface area (Å²) in [5.74, 6) is 0.429. The smallest absolute Gasteiger partial charge is 0.0739 e. The maximum atomic E-state index is 12.4. The molecule has 0 radical (unpaired) electrons. The molecule has 0 saturated carbocycles. The van der Waals surface area contributed by atoms with Crippen LogP contribution in [0.5, 0.6) is 0 Å². The number of hydrogen-bond donors (Lipinski definition) is 1. The number of nitrogens with two attached hydrogens (primary N) is 1. The lowest BCUT2D eigenvalue weighted by Crippen LogP contribution is -2.06. The van der Waals surface area contributed by atoms with E-state index in [2.05, 4.69) is 21.0 Å². The summed E-state index contributed by atoms with van der Waals surface area (Å²) >= 11 is 3.51. The molecule has 0 aliphatic heterocycles. The zero-order chi connectivity index (χ0) is 14.0. The molecule has 6 heteroatoms. The molecule has 2 aromatic rings. The van der Waals surface area contributed by atoms with Crippen molar-refractivity contribution in [2.45, 2.75) is 31.0 Å². The number of nitrogens with zero attached hydrogens (tertiary/aromatic N) is 2.